The summed E-state index contributed by atoms with van der Waals surface area (Å²) >= 11 is 6.69. The fraction of sp³-hybridized carbons (Fsp3) is 0.348. The van der Waals surface area contributed by atoms with Gasteiger partial charge in [-0.15, -0.1) is 0 Å². The number of aromatic nitrogens is 2. The fourth-order valence-electron chi connectivity index (χ4n) is 4.28. The number of methoxy groups -OCH3 is 1. The van der Waals surface area contributed by atoms with Crippen LogP contribution in [0.5, 0.6) is 11.5 Å². The normalized spacial score (nSPS) is 23.0. The van der Waals surface area contributed by atoms with Crippen LogP contribution in [0.4, 0.5) is 21.6 Å². The lowest BCUT2D eigenvalue weighted by Crippen LogP contribution is -2.32. The monoisotopic (exact) mass is 522 g/mol. The highest BCUT2D eigenvalue weighted by molar-refractivity contribution is 8.00. The zero-order valence-electron chi connectivity index (χ0n) is 19.0. The molecule has 4 atom stereocenters. The predicted octanol–water partition coefficient (Wildman–Crippen LogP) is 3.78. The van der Waals surface area contributed by atoms with Crippen LogP contribution in [0.2, 0.25) is 5.02 Å². The zero-order chi connectivity index (χ0) is 24.7. The summed E-state index contributed by atoms with van der Waals surface area (Å²) in [5.41, 5.74) is 1.32. The van der Waals surface area contributed by atoms with Crippen LogP contribution in [0.1, 0.15) is 6.42 Å². The Morgan fingerprint density at radius 3 is 2.86 bits per heavy atom. The van der Waals surface area contributed by atoms with Crippen LogP contribution in [0.25, 0.3) is 10.9 Å². The van der Waals surface area contributed by atoms with Crippen molar-refractivity contribution in [2.45, 2.75) is 24.7 Å². The third kappa shape index (κ3) is 4.81. The van der Waals surface area contributed by atoms with Crippen molar-refractivity contribution < 1.29 is 27.5 Å². The molecular weight excluding hydrogens is 499 g/mol. The van der Waals surface area contributed by atoms with Crippen LogP contribution in [0.15, 0.2) is 30.6 Å². The van der Waals surface area contributed by atoms with Gasteiger partial charge in [0.05, 0.1) is 47.1 Å². The average Bonchev–Trinajstić information content (AvgIpc) is 3.40. The fourth-order valence-corrected chi connectivity index (χ4v) is 5.26. The summed E-state index contributed by atoms with van der Waals surface area (Å²) in [6.07, 6.45) is 3.05. The SMILES string of the molecule is C=S(C)(=O)Nc1cc2ncnc(Nc3ccc(F)cc3OC3COC4CCOC43)c2c(Cl)c1OC. The second-order valence-corrected chi connectivity index (χ2v) is 11.0. The average molecular weight is 523 g/mol. The van der Waals surface area contributed by atoms with Crippen molar-refractivity contribution in [2.24, 2.45) is 0 Å². The second kappa shape index (κ2) is 9.30. The lowest BCUT2D eigenvalue weighted by atomic mass is 10.1. The van der Waals surface area contributed by atoms with Gasteiger partial charge in [-0.05, 0) is 30.5 Å². The van der Waals surface area contributed by atoms with Gasteiger partial charge in [-0.25, -0.2) is 18.6 Å². The third-order valence-corrected chi connectivity index (χ3v) is 6.76. The van der Waals surface area contributed by atoms with E-state index in [-0.39, 0.29) is 34.8 Å². The Labute approximate surface area is 207 Å². The molecule has 4 unspecified atom stereocenters. The number of benzene rings is 2. The molecule has 12 heteroatoms. The molecule has 35 heavy (non-hydrogen) atoms. The molecule has 3 heterocycles. The van der Waals surface area contributed by atoms with E-state index < -0.39 is 15.5 Å². The predicted molar refractivity (Wildman–Crippen MR) is 134 cm³/mol. The molecule has 2 aliphatic rings. The van der Waals surface area contributed by atoms with E-state index >= 15 is 0 Å². The first-order valence-electron chi connectivity index (χ1n) is 10.8. The van der Waals surface area contributed by atoms with Crippen molar-refractivity contribution in [3.05, 3.63) is 41.4 Å². The van der Waals surface area contributed by atoms with Crippen LogP contribution >= 0.6 is 11.6 Å². The van der Waals surface area contributed by atoms with Gasteiger partial charge in [0.1, 0.15) is 29.8 Å². The van der Waals surface area contributed by atoms with E-state index in [0.29, 0.717) is 41.3 Å². The van der Waals surface area contributed by atoms with Crippen molar-refractivity contribution in [3.63, 3.8) is 0 Å². The van der Waals surface area contributed by atoms with Crippen molar-refractivity contribution in [2.75, 3.05) is 36.6 Å². The van der Waals surface area contributed by atoms with E-state index in [4.69, 9.17) is 30.5 Å². The highest BCUT2D eigenvalue weighted by Gasteiger charge is 2.43. The maximum atomic E-state index is 14.2. The maximum Gasteiger partial charge on any atom is 0.162 e. The molecule has 1 aromatic heterocycles. The van der Waals surface area contributed by atoms with Crippen LogP contribution in [0.3, 0.4) is 0 Å². The summed E-state index contributed by atoms with van der Waals surface area (Å²) in [4.78, 5) is 8.64. The molecule has 2 fully saturated rings. The molecule has 0 radical (unpaired) electrons. The molecule has 2 saturated heterocycles. The minimum Gasteiger partial charge on any atom is -0.493 e. The summed E-state index contributed by atoms with van der Waals surface area (Å²) in [5.74, 6) is 4.06. The molecule has 0 bridgehead atoms. The van der Waals surface area contributed by atoms with Gasteiger partial charge in [0.2, 0.25) is 0 Å². The molecule has 186 valence electrons. The van der Waals surface area contributed by atoms with E-state index in [1.807, 2.05) is 0 Å². The molecule has 0 spiro atoms. The Hall–Kier alpha value is -2.86. The minimum absolute atomic E-state index is 0.0130. The topological polar surface area (TPSA) is 104 Å². The van der Waals surface area contributed by atoms with E-state index in [0.717, 1.165) is 6.42 Å². The van der Waals surface area contributed by atoms with Crippen molar-refractivity contribution in [1.82, 2.24) is 9.97 Å². The van der Waals surface area contributed by atoms with Crippen molar-refractivity contribution in [3.8, 4) is 11.5 Å². The Balaban J connectivity index is 1.52. The number of rotatable bonds is 7. The van der Waals surface area contributed by atoms with Gasteiger partial charge in [-0.3, -0.25) is 0 Å². The third-order valence-electron chi connectivity index (χ3n) is 5.75. The maximum absolute atomic E-state index is 14.2. The molecule has 9 nitrogen and oxygen atoms in total. The lowest BCUT2D eigenvalue weighted by Gasteiger charge is -2.21. The second-order valence-electron chi connectivity index (χ2n) is 8.41. The number of hydrogen-bond acceptors (Lipinski definition) is 8. The summed E-state index contributed by atoms with van der Waals surface area (Å²) in [7, 11) is -1.15. The molecule has 2 aromatic carbocycles. The van der Waals surface area contributed by atoms with Crippen LogP contribution < -0.4 is 19.5 Å². The molecular formula is C23H24ClFN4O5S. The minimum atomic E-state index is -2.60. The number of fused-ring (bicyclic) bond motifs is 2. The smallest absolute Gasteiger partial charge is 0.162 e. The molecule has 3 aromatic rings. The Morgan fingerprint density at radius 1 is 1.26 bits per heavy atom. The van der Waals surface area contributed by atoms with Crippen molar-refractivity contribution >= 4 is 55.3 Å². The number of anilines is 3. The van der Waals surface area contributed by atoms with Crippen LogP contribution in [-0.4, -0.2) is 64.9 Å². The highest BCUT2D eigenvalue weighted by Crippen LogP contribution is 2.43. The molecule has 2 N–H and O–H groups in total. The van der Waals surface area contributed by atoms with Gasteiger partial charge in [0, 0.05) is 28.6 Å². The summed E-state index contributed by atoms with van der Waals surface area (Å²) < 4.78 is 52.3. The van der Waals surface area contributed by atoms with Gasteiger partial charge >= 0.3 is 0 Å². The molecule has 5 rings (SSSR count). The standard InChI is InChI=1S/C23H24ClFN4O5S/c1-31-21-15(29-35(2,3)30)9-14-19(20(21)24)23(27-11-26-14)28-13-5-4-12(25)8-17(13)34-18-10-33-16-6-7-32-22(16)18/h4-5,8-9,11,16,18,22H,2,6-7,10H2,1,3H3,(H,29,30)(H,26,27,28). The van der Waals surface area contributed by atoms with E-state index in [1.165, 1.54) is 31.8 Å². The summed E-state index contributed by atoms with van der Waals surface area (Å²) in [6.45, 7) is 0.960. The van der Waals surface area contributed by atoms with E-state index in [9.17, 15) is 8.60 Å². The number of nitrogens with zero attached hydrogens (tertiary/aromatic N) is 2. The first-order valence-corrected chi connectivity index (χ1v) is 13.3. The highest BCUT2D eigenvalue weighted by atomic mass is 35.5. The van der Waals surface area contributed by atoms with Gasteiger partial charge < -0.3 is 29.0 Å². The number of nitrogens with one attached hydrogen (secondary N) is 2. The molecule has 2 aliphatic heterocycles. The van der Waals surface area contributed by atoms with Gasteiger partial charge in [-0.1, -0.05) is 11.6 Å². The van der Waals surface area contributed by atoms with Crippen LogP contribution in [-0.2, 0) is 19.2 Å². The first-order chi connectivity index (χ1) is 16.7. The largest absolute Gasteiger partial charge is 0.493 e. The quantitative estimate of drug-likeness (QED) is 0.452. The number of ether oxygens (including phenoxy) is 4. The van der Waals surface area contributed by atoms with Crippen LogP contribution in [0, 0.1) is 5.82 Å². The Morgan fingerprint density at radius 2 is 2.09 bits per heavy atom. The van der Waals surface area contributed by atoms with Gasteiger partial charge in [0.15, 0.2) is 11.9 Å². The molecule has 0 saturated carbocycles. The summed E-state index contributed by atoms with van der Waals surface area (Å²) in [5, 5.41) is 3.85. The van der Waals surface area contributed by atoms with Crippen molar-refractivity contribution in [1.29, 1.82) is 0 Å². The lowest BCUT2D eigenvalue weighted by molar-refractivity contribution is 0.0310. The molecule has 0 aliphatic carbocycles. The zero-order valence-corrected chi connectivity index (χ0v) is 20.6. The first kappa shape index (κ1) is 23.9. The van der Waals surface area contributed by atoms with Gasteiger partial charge in [-0.2, -0.15) is 0 Å². The summed E-state index contributed by atoms with van der Waals surface area (Å²) in [6, 6.07) is 5.81. The van der Waals surface area contributed by atoms with E-state index in [2.05, 4.69) is 25.9 Å². The Bertz CT molecular complexity index is 1390. The number of hydrogen-bond donors (Lipinski definition) is 2. The molecule has 0 amide bonds. The Kier molecular flexibility index (Phi) is 6.34. The van der Waals surface area contributed by atoms with E-state index in [1.54, 1.807) is 12.1 Å². The number of halogens is 2. The van der Waals surface area contributed by atoms with Gasteiger partial charge in [0.25, 0.3) is 0 Å².